The van der Waals surface area contributed by atoms with Crippen LogP contribution >= 0.6 is 0 Å². The molecule has 3 heteroatoms. The zero-order valence-corrected chi connectivity index (χ0v) is 12.4. The predicted molar refractivity (Wildman–Crippen MR) is 82.4 cm³/mol. The predicted octanol–water partition coefficient (Wildman–Crippen LogP) is 2.56. The van der Waals surface area contributed by atoms with Gasteiger partial charge in [-0.25, -0.2) is 0 Å². The molecule has 0 heterocycles. The van der Waals surface area contributed by atoms with Gasteiger partial charge in [0.05, 0.1) is 0 Å². The Morgan fingerprint density at radius 1 is 1.35 bits per heavy atom. The van der Waals surface area contributed by atoms with Gasteiger partial charge in [0, 0.05) is 19.0 Å². The first-order chi connectivity index (χ1) is 9.65. The maximum Gasteiger partial charge on any atom is 0.220 e. The summed E-state index contributed by atoms with van der Waals surface area (Å²) in [6.07, 6.45) is 5.98. The Kier molecular flexibility index (Phi) is 5.60. The van der Waals surface area contributed by atoms with E-state index in [0.29, 0.717) is 18.4 Å². The number of aryl methyl sites for hydroxylation is 2. The van der Waals surface area contributed by atoms with Gasteiger partial charge in [-0.2, -0.15) is 0 Å². The molecule has 110 valence electrons. The average Bonchev–Trinajstić information content (AvgIpc) is 2.44. The number of carbonyl (C=O) groups is 1. The standard InChI is InChI=1S/C17H26N2O/c1-13-5-2-3-7-15(13)9-10-17(20)19-12-14-6-4-8-16(18)11-14/h2-3,5,7,14,16H,4,6,8-12,18H2,1H3,(H,19,20). The minimum atomic E-state index is 0.160. The van der Waals surface area contributed by atoms with Crippen molar-refractivity contribution in [2.24, 2.45) is 11.7 Å². The van der Waals surface area contributed by atoms with Gasteiger partial charge in [-0.1, -0.05) is 30.7 Å². The summed E-state index contributed by atoms with van der Waals surface area (Å²) < 4.78 is 0. The molecule has 3 nitrogen and oxygen atoms in total. The molecule has 1 aliphatic rings. The van der Waals surface area contributed by atoms with Crippen molar-refractivity contribution in [1.29, 1.82) is 0 Å². The lowest BCUT2D eigenvalue weighted by molar-refractivity contribution is -0.121. The Labute approximate surface area is 121 Å². The number of amides is 1. The molecule has 1 aromatic carbocycles. The van der Waals surface area contributed by atoms with Crippen molar-refractivity contribution < 1.29 is 4.79 Å². The van der Waals surface area contributed by atoms with Crippen LogP contribution in [0.1, 0.15) is 43.2 Å². The number of nitrogens with one attached hydrogen (secondary N) is 1. The van der Waals surface area contributed by atoms with E-state index < -0.39 is 0 Å². The smallest absolute Gasteiger partial charge is 0.220 e. The molecule has 20 heavy (non-hydrogen) atoms. The van der Waals surface area contributed by atoms with Gasteiger partial charge < -0.3 is 11.1 Å². The molecule has 0 spiro atoms. The number of nitrogens with two attached hydrogens (primary N) is 1. The van der Waals surface area contributed by atoms with Gasteiger partial charge in [0.1, 0.15) is 0 Å². The molecule has 0 aromatic heterocycles. The van der Waals surface area contributed by atoms with Crippen molar-refractivity contribution in [1.82, 2.24) is 5.32 Å². The quantitative estimate of drug-likeness (QED) is 0.867. The van der Waals surface area contributed by atoms with Crippen LogP contribution in [0.2, 0.25) is 0 Å². The molecule has 1 fully saturated rings. The Morgan fingerprint density at radius 2 is 2.15 bits per heavy atom. The topological polar surface area (TPSA) is 55.1 Å². The molecule has 0 aliphatic heterocycles. The third kappa shape index (κ3) is 4.64. The highest BCUT2D eigenvalue weighted by Crippen LogP contribution is 2.22. The lowest BCUT2D eigenvalue weighted by Gasteiger charge is -2.26. The number of carbonyl (C=O) groups excluding carboxylic acids is 1. The van der Waals surface area contributed by atoms with Crippen LogP contribution < -0.4 is 11.1 Å². The number of rotatable bonds is 5. The summed E-state index contributed by atoms with van der Waals surface area (Å²) in [5.41, 5.74) is 8.50. The van der Waals surface area contributed by atoms with E-state index in [0.717, 1.165) is 25.8 Å². The first-order valence-corrected chi connectivity index (χ1v) is 7.72. The van der Waals surface area contributed by atoms with E-state index in [1.54, 1.807) is 0 Å². The Balaban J connectivity index is 1.69. The second kappa shape index (κ2) is 7.44. The maximum absolute atomic E-state index is 11.9. The molecule has 0 radical (unpaired) electrons. The second-order valence-corrected chi connectivity index (χ2v) is 6.02. The number of hydrogen-bond acceptors (Lipinski definition) is 2. The average molecular weight is 274 g/mol. The van der Waals surface area contributed by atoms with Gasteiger partial charge in [0.25, 0.3) is 0 Å². The summed E-state index contributed by atoms with van der Waals surface area (Å²) >= 11 is 0. The Morgan fingerprint density at radius 3 is 2.90 bits per heavy atom. The van der Waals surface area contributed by atoms with Crippen molar-refractivity contribution in [2.75, 3.05) is 6.54 Å². The van der Waals surface area contributed by atoms with Crippen LogP contribution in [0.15, 0.2) is 24.3 Å². The first-order valence-electron chi connectivity index (χ1n) is 7.72. The number of hydrogen-bond donors (Lipinski definition) is 2. The first kappa shape index (κ1) is 15.0. The summed E-state index contributed by atoms with van der Waals surface area (Å²) in [7, 11) is 0. The van der Waals surface area contributed by atoms with E-state index >= 15 is 0 Å². The fourth-order valence-corrected chi connectivity index (χ4v) is 3.00. The van der Waals surface area contributed by atoms with Crippen LogP contribution in [0, 0.1) is 12.8 Å². The molecule has 1 aromatic rings. The third-order valence-electron chi connectivity index (χ3n) is 4.29. The molecule has 1 amide bonds. The highest BCUT2D eigenvalue weighted by atomic mass is 16.1. The van der Waals surface area contributed by atoms with Gasteiger partial charge in [-0.3, -0.25) is 4.79 Å². The zero-order valence-electron chi connectivity index (χ0n) is 12.4. The number of benzene rings is 1. The highest BCUT2D eigenvalue weighted by Gasteiger charge is 2.19. The molecule has 0 saturated heterocycles. The van der Waals surface area contributed by atoms with E-state index in [2.05, 4.69) is 24.4 Å². The van der Waals surface area contributed by atoms with Crippen molar-refractivity contribution in [3.05, 3.63) is 35.4 Å². The molecule has 1 saturated carbocycles. The molecule has 0 bridgehead atoms. The van der Waals surface area contributed by atoms with Crippen LogP contribution in [0.3, 0.4) is 0 Å². The fraction of sp³-hybridized carbons (Fsp3) is 0.588. The van der Waals surface area contributed by atoms with Gasteiger partial charge in [-0.05, 0) is 49.7 Å². The largest absolute Gasteiger partial charge is 0.356 e. The van der Waals surface area contributed by atoms with Crippen LogP contribution in [0.5, 0.6) is 0 Å². The van der Waals surface area contributed by atoms with Crippen LogP contribution in [-0.4, -0.2) is 18.5 Å². The molecule has 2 unspecified atom stereocenters. The third-order valence-corrected chi connectivity index (χ3v) is 4.29. The van der Waals surface area contributed by atoms with Crippen molar-refractivity contribution >= 4 is 5.91 Å². The van der Waals surface area contributed by atoms with Crippen molar-refractivity contribution in [3.8, 4) is 0 Å². The van der Waals surface area contributed by atoms with Crippen LogP contribution in [-0.2, 0) is 11.2 Å². The van der Waals surface area contributed by atoms with E-state index in [1.165, 1.54) is 24.0 Å². The van der Waals surface area contributed by atoms with Crippen LogP contribution in [0.25, 0.3) is 0 Å². The minimum absolute atomic E-state index is 0.160. The maximum atomic E-state index is 11.9. The summed E-state index contributed by atoms with van der Waals surface area (Å²) in [4.78, 5) is 11.9. The Bertz CT molecular complexity index is 444. The fourth-order valence-electron chi connectivity index (χ4n) is 3.00. The van der Waals surface area contributed by atoms with Gasteiger partial charge in [0.15, 0.2) is 0 Å². The monoisotopic (exact) mass is 274 g/mol. The lowest BCUT2D eigenvalue weighted by Crippen LogP contribution is -2.35. The second-order valence-electron chi connectivity index (χ2n) is 6.02. The Hall–Kier alpha value is -1.35. The normalized spacial score (nSPS) is 22.5. The minimum Gasteiger partial charge on any atom is -0.356 e. The lowest BCUT2D eigenvalue weighted by atomic mass is 9.86. The van der Waals surface area contributed by atoms with Gasteiger partial charge in [-0.15, -0.1) is 0 Å². The van der Waals surface area contributed by atoms with Crippen molar-refractivity contribution in [3.63, 3.8) is 0 Å². The van der Waals surface area contributed by atoms with Crippen LogP contribution in [0.4, 0.5) is 0 Å². The summed E-state index contributed by atoms with van der Waals surface area (Å²) in [5, 5.41) is 3.07. The van der Waals surface area contributed by atoms with E-state index in [4.69, 9.17) is 5.73 Å². The van der Waals surface area contributed by atoms with Crippen molar-refractivity contribution in [2.45, 2.75) is 51.5 Å². The summed E-state index contributed by atoms with van der Waals surface area (Å²) in [6.45, 7) is 2.89. The highest BCUT2D eigenvalue weighted by molar-refractivity contribution is 5.76. The SMILES string of the molecule is Cc1ccccc1CCC(=O)NCC1CCCC(N)C1. The molecular formula is C17H26N2O. The zero-order chi connectivity index (χ0) is 14.4. The molecule has 1 aliphatic carbocycles. The summed E-state index contributed by atoms with van der Waals surface area (Å²) in [6, 6.07) is 8.59. The van der Waals surface area contributed by atoms with E-state index in [9.17, 15) is 4.79 Å². The molecule has 3 N–H and O–H groups in total. The summed E-state index contributed by atoms with van der Waals surface area (Å²) in [5.74, 6) is 0.730. The van der Waals surface area contributed by atoms with E-state index in [-0.39, 0.29) is 5.91 Å². The molecule has 2 rings (SSSR count). The molecular weight excluding hydrogens is 248 g/mol. The molecule has 2 atom stereocenters. The van der Waals surface area contributed by atoms with Gasteiger partial charge in [0.2, 0.25) is 5.91 Å². The van der Waals surface area contributed by atoms with E-state index in [1.807, 2.05) is 12.1 Å². The van der Waals surface area contributed by atoms with Gasteiger partial charge >= 0.3 is 0 Å².